The fourth-order valence-corrected chi connectivity index (χ4v) is 2.91. The molecule has 0 aliphatic rings. The summed E-state index contributed by atoms with van der Waals surface area (Å²) < 4.78 is 0. The van der Waals surface area contributed by atoms with Crippen LogP contribution in [-0.4, -0.2) is 16.8 Å². The Morgan fingerprint density at radius 3 is 3.00 bits per heavy atom. The van der Waals surface area contributed by atoms with Gasteiger partial charge in [0.25, 0.3) is 0 Å². The number of aryl methyl sites for hydroxylation is 1. The number of aromatic nitrogens is 1. The topological polar surface area (TPSA) is 38.9 Å². The standard InChI is InChI=1S/C10H18N2S2/c1-3-10-12-9(7-14-10)6-13-5-4-8(2)11/h7-8H,3-6,11H2,1-2H3. The third-order valence-corrected chi connectivity index (χ3v) is 3.94. The summed E-state index contributed by atoms with van der Waals surface area (Å²) in [4.78, 5) is 4.51. The molecule has 0 fully saturated rings. The molecule has 0 aromatic carbocycles. The molecule has 0 saturated carbocycles. The zero-order valence-electron chi connectivity index (χ0n) is 8.82. The van der Waals surface area contributed by atoms with Gasteiger partial charge in [0.1, 0.15) is 0 Å². The molecule has 1 aromatic rings. The Morgan fingerprint density at radius 1 is 1.64 bits per heavy atom. The number of hydrogen-bond acceptors (Lipinski definition) is 4. The Morgan fingerprint density at radius 2 is 2.43 bits per heavy atom. The molecule has 1 unspecified atom stereocenters. The van der Waals surface area contributed by atoms with E-state index < -0.39 is 0 Å². The quantitative estimate of drug-likeness (QED) is 0.764. The molecular weight excluding hydrogens is 212 g/mol. The summed E-state index contributed by atoms with van der Waals surface area (Å²) in [6.07, 6.45) is 2.14. The van der Waals surface area contributed by atoms with Crippen LogP contribution in [0, 0.1) is 0 Å². The molecule has 1 atom stereocenters. The van der Waals surface area contributed by atoms with Gasteiger partial charge in [-0.25, -0.2) is 4.98 Å². The van der Waals surface area contributed by atoms with Gasteiger partial charge in [0, 0.05) is 17.2 Å². The summed E-state index contributed by atoms with van der Waals surface area (Å²) in [5.41, 5.74) is 6.89. The number of rotatable bonds is 6. The van der Waals surface area contributed by atoms with Crippen molar-refractivity contribution in [3.8, 4) is 0 Å². The van der Waals surface area contributed by atoms with Crippen LogP contribution in [0.2, 0.25) is 0 Å². The van der Waals surface area contributed by atoms with E-state index in [4.69, 9.17) is 5.73 Å². The first-order valence-corrected chi connectivity index (χ1v) is 7.02. The van der Waals surface area contributed by atoms with Crippen LogP contribution in [0.15, 0.2) is 5.38 Å². The molecule has 14 heavy (non-hydrogen) atoms. The highest BCUT2D eigenvalue weighted by molar-refractivity contribution is 7.98. The van der Waals surface area contributed by atoms with Gasteiger partial charge in [-0.2, -0.15) is 11.8 Å². The summed E-state index contributed by atoms with van der Waals surface area (Å²) in [7, 11) is 0. The van der Waals surface area contributed by atoms with E-state index in [0.29, 0.717) is 6.04 Å². The Bertz CT molecular complexity index is 258. The van der Waals surface area contributed by atoms with Crippen LogP contribution in [0.1, 0.15) is 31.0 Å². The van der Waals surface area contributed by atoms with Crippen LogP contribution < -0.4 is 5.73 Å². The van der Waals surface area contributed by atoms with Crippen molar-refractivity contribution in [2.45, 2.75) is 38.5 Å². The van der Waals surface area contributed by atoms with Gasteiger partial charge in [-0.3, -0.25) is 0 Å². The second-order valence-corrected chi connectivity index (χ2v) is 5.45. The van der Waals surface area contributed by atoms with E-state index in [1.807, 2.05) is 11.8 Å². The lowest BCUT2D eigenvalue weighted by molar-refractivity contribution is 0.721. The first-order valence-electron chi connectivity index (χ1n) is 4.99. The highest BCUT2D eigenvalue weighted by Gasteiger charge is 2.00. The van der Waals surface area contributed by atoms with Crippen molar-refractivity contribution >= 4 is 23.1 Å². The van der Waals surface area contributed by atoms with Gasteiger partial charge in [-0.15, -0.1) is 11.3 Å². The average Bonchev–Trinajstić information content (AvgIpc) is 2.60. The number of nitrogens with zero attached hydrogens (tertiary/aromatic N) is 1. The van der Waals surface area contributed by atoms with E-state index in [1.54, 1.807) is 11.3 Å². The molecule has 0 aliphatic heterocycles. The van der Waals surface area contributed by atoms with Gasteiger partial charge in [0.05, 0.1) is 10.7 Å². The van der Waals surface area contributed by atoms with Gasteiger partial charge in [-0.05, 0) is 25.5 Å². The lowest BCUT2D eigenvalue weighted by atomic mass is 10.3. The smallest absolute Gasteiger partial charge is 0.0925 e. The van der Waals surface area contributed by atoms with Crippen LogP contribution in [-0.2, 0) is 12.2 Å². The molecule has 0 amide bonds. The monoisotopic (exact) mass is 230 g/mol. The summed E-state index contributed by atoms with van der Waals surface area (Å²) in [6, 6.07) is 0.323. The number of thioether (sulfide) groups is 1. The van der Waals surface area contributed by atoms with E-state index in [2.05, 4.69) is 24.2 Å². The van der Waals surface area contributed by atoms with E-state index in [0.717, 1.165) is 24.3 Å². The minimum atomic E-state index is 0.323. The molecule has 0 bridgehead atoms. The maximum Gasteiger partial charge on any atom is 0.0925 e. The van der Waals surface area contributed by atoms with Crippen molar-refractivity contribution in [1.29, 1.82) is 0 Å². The lowest BCUT2D eigenvalue weighted by Crippen LogP contribution is -2.15. The predicted octanol–water partition coefficient (Wildman–Crippen LogP) is 2.68. The molecule has 0 aliphatic carbocycles. The summed E-state index contributed by atoms with van der Waals surface area (Å²) in [6.45, 7) is 4.20. The van der Waals surface area contributed by atoms with Gasteiger partial charge >= 0.3 is 0 Å². The van der Waals surface area contributed by atoms with Crippen molar-refractivity contribution in [2.24, 2.45) is 5.73 Å². The van der Waals surface area contributed by atoms with Gasteiger partial charge in [0.15, 0.2) is 0 Å². The fraction of sp³-hybridized carbons (Fsp3) is 0.700. The van der Waals surface area contributed by atoms with Crippen molar-refractivity contribution in [2.75, 3.05) is 5.75 Å². The van der Waals surface area contributed by atoms with E-state index in [-0.39, 0.29) is 0 Å². The zero-order chi connectivity index (χ0) is 10.4. The Labute approximate surface area is 94.3 Å². The highest BCUT2D eigenvalue weighted by Crippen LogP contribution is 2.16. The molecule has 1 aromatic heterocycles. The van der Waals surface area contributed by atoms with E-state index >= 15 is 0 Å². The SMILES string of the molecule is CCc1nc(CSCCC(C)N)cs1. The minimum Gasteiger partial charge on any atom is -0.328 e. The van der Waals surface area contributed by atoms with Gasteiger partial charge in [0.2, 0.25) is 0 Å². The largest absolute Gasteiger partial charge is 0.328 e. The lowest BCUT2D eigenvalue weighted by Gasteiger charge is -2.02. The molecule has 80 valence electrons. The maximum absolute atomic E-state index is 5.67. The molecular formula is C10H18N2S2. The zero-order valence-corrected chi connectivity index (χ0v) is 10.5. The van der Waals surface area contributed by atoms with Crippen LogP contribution in [0.4, 0.5) is 0 Å². The summed E-state index contributed by atoms with van der Waals surface area (Å²) in [5, 5.41) is 3.41. The average molecular weight is 230 g/mol. The third kappa shape index (κ3) is 4.44. The van der Waals surface area contributed by atoms with Crippen molar-refractivity contribution < 1.29 is 0 Å². The molecule has 2 N–H and O–H groups in total. The van der Waals surface area contributed by atoms with E-state index in [1.165, 1.54) is 10.7 Å². The highest BCUT2D eigenvalue weighted by atomic mass is 32.2. The second-order valence-electron chi connectivity index (χ2n) is 3.40. The summed E-state index contributed by atoms with van der Waals surface area (Å²) in [5.74, 6) is 2.17. The fourth-order valence-electron chi connectivity index (χ4n) is 1.02. The maximum atomic E-state index is 5.67. The van der Waals surface area contributed by atoms with Gasteiger partial charge in [-0.1, -0.05) is 6.92 Å². The molecule has 0 radical (unpaired) electrons. The van der Waals surface area contributed by atoms with Crippen LogP contribution >= 0.6 is 23.1 Å². The molecule has 2 nitrogen and oxygen atoms in total. The first-order chi connectivity index (χ1) is 6.72. The Hall–Kier alpha value is -0.0600. The third-order valence-electron chi connectivity index (χ3n) is 1.87. The molecule has 0 saturated heterocycles. The molecule has 1 heterocycles. The molecule has 4 heteroatoms. The number of hydrogen-bond donors (Lipinski definition) is 1. The van der Waals surface area contributed by atoms with Crippen LogP contribution in [0.25, 0.3) is 0 Å². The second kappa shape index (κ2) is 6.43. The Balaban J connectivity index is 2.18. The van der Waals surface area contributed by atoms with Crippen LogP contribution in [0.3, 0.4) is 0 Å². The van der Waals surface area contributed by atoms with Crippen LogP contribution in [0.5, 0.6) is 0 Å². The number of thiazole rings is 1. The first kappa shape index (κ1) is 12.0. The minimum absolute atomic E-state index is 0.323. The van der Waals surface area contributed by atoms with Crippen molar-refractivity contribution in [3.63, 3.8) is 0 Å². The molecule has 1 rings (SSSR count). The van der Waals surface area contributed by atoms with Crippen molar-refractivity contribution in [3.05, 3.63) is 16.1 Å². The number of nitrogens with two attached hydrogens (primary N) is 1. The predicted molar refractivity (Wildman–Crippen MR) is 65.9 cm³/mol. The summed E-state index contributed by atoms with van der Waals surface area (Å²) >= 11 is 3.69. The normalized spacial score (nSPS) is 13.1. The van der Waals surface area contributed by atoms with E-state index in [9.17, 15) is 0 Å². The van der Waals surface area contributed by atoms with Gasteiger partial charge < -0.3 is 5.73 Å². The van der Waals surface area contributed by atoms with Crippen molar-refractivity contribution in [1.82, 2.24) is 4.98 Å². The Kier molecular flexibility index (Phi) is 5.52. The molecule has 0 spiro atoms.